The van der Waals surface area contributed by atoms with Crippen molar-refractivity contribution in [3.63, 3.8) is 0 Å². The lowest BCUT2D eigenvalue weighted by Crippen LogP contribution is -2.45. The number of nitro benzene ring substituents is 1. The Balaban J connectivity index is 2.27. The molecule has 2 aromatic carbocycles. The summed E-state index contributed by atoms with van der Waals surface area (Å²) in [6, 6.07) is 9.90. The Bertz CT molecular complexity index is 1080. The van der Waals surface area contributed by atoms with Crippen LogP contribution in [0.5, 0.6) is 11.5 Å². The van der Waals surface area contributed by atoms with Gasteiger partial charge in [0.15, 0.2) is 5.75 Å². The first-order valence-electron chi connectivity index (χ1n) is 9.75. The summed E-state index contributed by atoms with van der Waals surface area (Å²) in [6.07, 6.45) is -0.426. The first-order valence-corrected chi connectivity index (χ1v) is 9.75. The number of urea groups is 1. The van der Waals surface area contributed by atoms with Crippen molar-refractivity contribution in [2.24, 2.45) is 0 Å². The molecule has 3 rings (SSSR count). The van der Waals surface area contributed by atoms with Crippen LogP contribution in [-0.4, -0.2) is 37.2 Å². The van der Waals surface area contributed by atoms with Crippen LogP contribution in [0.1, 0.15) is 31.0 Å². The standard InChI is InChI=1S/C22H23N3O7/c1-12(2)32-21(26)17-18(13-8-6-5-7-9-13)23-22(27)24-19(17)14-10-15(25(28)29)20(31-4)16(11-14)30-3/h5-12,19H,1-4H3,(H2,23,24,27). The monoisotopic (exact) mass is 441 g/mol. The van der Waals surface area contributed by atoms with Crippen LogP contribution in [0.3, 0.4) is 0 Å². The second-order valence-corrected chi connectivity index (χ2v) is 7.17. The summed E-state index contributed by atoms with van der Waals surface area (Å²) in [7, 11) is 2.63. The number of hydrogen-bond donors (Lipinski definition) is 2. The Hall–Kier alpha value is -4.08. The number of carbonyl (C=O) groups excluding carboxylic acids is 2. The molecule has 1 aliphatic rings. The quantitative estimate of drug-likeness (QED) is 0.383. The van der Waals surface area contributed by atoms with Gasteiger partial charge in [-0.15, -0.1) is 0 Å². The number of nitrogens with zero attached hydrogens (tertiary/aromatic N) is 1. The molecule has 168 valence electrons. The van der Waals surface area contributed by atoms with Crippen molar-refractivity contribution in [1.29, 1.82) is 0 Å². The van der Waals surface area contributed by atoms with Gasteiger partial charge >= 0.3 is 17.7 Å². The number of benzene rings is 2. The summed E-state index contributed by atoms with van der Waals surface area (Å²) in [5.41, 5.74) is 0.826. The molecule has 1 atom stereocenters. The maximum atomic E-state index is 13.1. The van der Waals surface area contributed by atoms with Crippen molar-refractivity contribution in [2.75, 3.05) is 14.2 Å². The molecule has 0 saturated heterocycles. The number of methoxy groups -OCH3 is 2. The fourth-order valence-electron chi connectivity index (χ4n) is 3.41. The third kappa shape index (κ3) is 4.48. The Morgan fingerprint density at radius 1 is 1.12 bits per heavy atom. The van der Waals surface area contributed by atoms with E-state index in [0.29, 0.717) is 5.56 Å². The van der Waals surface area contributed by atoms with Gasteiger partial charge in [-0.1, -0.05) is 30.3 Å². The van der Waals surface area contributed by atoms with Gasteiger partial charge in [-0.2, -0.15) is 0 Å². The van der Waals surface area contributed by atoms with Crippen LogP contribution in [0.15, 0.2) is 48.0 Å². The summed E-state index contributed by atoms with van der Waals surface area (Å²) in [4.78, 5) is 36.7. The van der Waals surface area contributed by atoms with E-state index in [-0.39, 0.29) is 34.0 Å². The summed E-state index contributed by atoms with van der Waals surface area (Å²) >= 11 is 0. The first kappa shape index (κ1) is 22.6. The summed E-state index contributed by atoms with van der Waals surface area (Å²) in [6.45, 7) is 3.40. The second-order valence-electron chi connectivity index (χ2n) is 7.17. The molecule has 2 N–H and O–H groups in total. The SMILES string of the molecule is COc1cc(C2NC(=O)NC(c3ccccc3)=C2C(=O)OC(C)C)cc([N+](=O)[O-])c1OC. The van der Waals surface area contributed by atoms with E-state index in [1.807, 2.05) is 0 Å². The van der Waals surface area contributed by atoms with E-state index in [1.54, 1.807) is 44.2 Å². The fourth-order valence-corrected chi connectivity index (χ4v) is 3.41. The van der Waals surface area contributed by atoms with E-state index in [2.05, 4.69) is 10.6 Å². The predicted octanol–water partition coefficient (Wildman–Crippen LogP) is 3.33. The molecule has 0 bridgehead atoms. The van der Waals surface area contributed by atoms with E-state index in [0.717, 1.165) is 0 Å². The topological polar surface area (TPSA) is 129 Å². The largest absolute Gasteiger partial charge is 0.493 e. The molecule has 2 amide bonds. The molecule has 0 aliphatic carbocycles. The van der Waals surface area contributed by atoms with Gasteiger partial charge in [0.1, 0.15) is 0 Å². The molecule has 32 heavy (non-hydrogen) atoms. The van der Waals surface area contributed by atoms with Crippen molar-refractivity contribution < 1.29 is 28.7 Å². The normalized spacial score (nSPS) is 15.7. The number of nitrogens with one attached hydrogen (secondary N) is 2. The van der Waals surface area contributed by atoms with E-state index >= 15 is 0 Å². The van der Waals surface area contributed by atoms with Crippen molar-refractivity contribution in [2.45, 2.75) is 26.0 Å². The zero-order valence-corrected chi connectivity index (χ0v) is 18.0. The summed E-state index contributed by atoms with van der Waals surface area (Å²) in [5, 5.41) is 17.0. The lowest BCUT2D eigenvalue weighted by molar-refractivity contribution is -0.385. The van der Waals surface area contributed by atoms with Gasteiger partial charge in [0, 0.05) is 6.07 Å². The number of rotatable bonds is 7. The molecule has 2 aromatic rings. The van der Waals surface area contributed by atoms with Crippen molar-refractivity contribution in [1.82, 2.24) is 10.6 Å². The van der Waals surface area contributed by atoms with Crippen molar-refractivity contribution in [3.05, 3.63) is 69.3 Å². The minimum absolute atomic E-state index is 0.0694. The van der Waals surface area contributed by atoms with Crippen molar-refractivity contribution >= 4 is 23.4 Å². The van der Waals surface area contributed by atoms with Gasteiger partial charge in [0.25, 0.3) is 0 Å². The number of nitro groups is 1. The Morgan fingerprint density at radius 2 is 1.81 bits per heavy atom. The predicted molar refractivity (Wildman–Crippen MR) is 115 cm³/mol. The van der Waals surface area contributed by atoms with E-state index in [4.69, 9.17) is 14.2 Å². The van der Waals surface area contributed by atoms with E-state index in [1.165, 1.54) is 26.4 Å². The Kier molecular flexibility index (Phi) is 6.62. The van der Waals surface area contributed by atoms with Crippen LogP contribution in [0.4, 0.5) is 10.5 Å². The molecule has 0 saturated carbocycles. The molecule has 0 fully saturated rings. The molecular weight excluding hydrogens is 418 g/mol. The van der Waals surface area contributed by atoms with Gasteiger partial charge < -0.3 is 24.8 Å². The number of esters is 1. The van der Waals surface area contributed by atoms with Crippen LogP contribution < -0.4 is 20.1 Å². The van der Waals surface area contributed by atoms with Crippen LogP contribution >= 0.6 is 0 Å². The Morgan fingerprint density at radius 3 is 2.38 bits per heavy atom. The van der Waals surface area contributed by atoms with Gasteiger partial charge in [-0.25, -0.2) is 9.59 Å². The number of amides is 2. The smallest absolute Gasteiger partial charge is 0.338 e. The zero-order chi connectivity index (χ0) is 23.4. The van der Waals surface area contributed by atoms with Crippen LogP contribution in [-0.2, 0) is 9.53 Å². The minimum atomic E-state index is -1.04. The van der Waals surface area contributed by atoms with Gasteiger partial charge in [0.05, 0.1) is 42.6 Å². The number of hydrogen-bond acceptors (Lipinski definition) is 7. The molecule has 0 aromatic heterocycles. The number of carbonyl (C=O) groups is 2. The minimum Gasteiger partial charge on any atom is -0.493 e. The maximum Gasteiger partial charge on any atom is 0.338 e. The fraction of sp³-hybridized carbons (Fsp3) is 0.273. The average molecular weight is 441 g/mol. The average Bonchev–Trinajstić information content (AvgIpc) is 2.77. The van der Waals surface area contributed by atoms with Crippen molar-refractivity contribution in [3.8, 4) is 11.5 Å². The van der Waals surface area contributed by atoms with E-state index in [9.17, 15) is 19.7 Å². The third-order valence-electron chi connectivity index (χ3n) is 4.71. The Labute approximate surface area is 184 Å². The van der Waals surface area contributed by atoms with Gasteiger partial charge in [-0.05, 0) is 31.0 Å². The lowest BCUT2D eigenvalue weighted by Gasteiger charge is -2.30. The molecule has 1 unspecified atom stereocenters. The van der Waals surface area contributed by atoms with Gasteiger partial charge in [-0.3, -0.25) is 10.1 Å². The first-order chi connectivity index (χ1) is 15.3. The van der Waals surface area contributed by atoms with E-state index < -0.39 is 29.1 Å². The maximum absolute atomic E-state index is 13.1. The zero-order valence-electron chi connectivity index (χ0n) is 18.0. The van der Waals surface area contributed by atoms with Crippen LogP contribution in [0, 0.1) is 10.1 Å². The van der Waals surface area contributed by atoms with Crippen LogP contribution in [0.2, 0.25) is 0 Å². The summed E-state index contributed by atoms with van der Waals surface area (Å²) < 4.78 is 15.8. The molecule has 10 nitrogen and oxygen atoms in total. The van der Waals surface area contributed by atoms with Crippen LogP contribution in [0.25, 0.3) is 5.70 Å². The second kappa shape index (κ2) is 9.38. The number of ether oxygens (including phenoxy) is 3. The molecule has 1 aliphatic heterocycles. The molecular formula is C22H23N3O7. The highest BCUT2D eigenvalue weighted by Crippen LogP contribution is 2.42. The third-order valence-corrected chi connectivity index (χ3v) is 4.71. The highest BCUT2D eigenvalue weighted by molar-refractivity contribution is 6.04. The molecule has 0 spiro atoms. The molecule has 1 heterocycles. The highest BCUT2D eigenvalue weighted by Gasteiger charge is 2.36. The van der Waals surface area contributed by atoms with Gasteiger partial charge in [0.2, 0.25) is 5.75 Å². The lowest BCUT2D eigenvalue weighted by atomic mass is 9.92. The molecule has 10 heteroatoms. The molecule has 0 radical (unpaired) electrons. The summed E-state index contributed by atoms with van der Waals surface area (Å²) in [5.74, 6) is -0.656. The highest BCUT2D eigenvalue weighted by atomic mass is 16.6.